The molecule has 2 rings (SSSR count). The van der Waals surface area contributed by atoms with Crippen molar-refractivity contribution in [2.75, 3.05) is 6.61 Å². The lowest BCUT2D eigenvalue weighted by Crippen LogP contribution is -2.21. The number of hydrogen-bond acceptors (Lipinski definition) is 3. The van der Waals surface area contributed by atoms with Gasteiger partial charge in [-0.1, -0.05) is 22.0 Å². The maximum Gasteiger partial charge on any atom is 0.250 e. The second kappa shape index (κ2) is 6.21. The molecule has 0 saturated carbocycles. The normalized spacial score (nSPS) is 9.89. The SMILES string of the molecule is N#Cc1cc(Br)ccc1OCCn1ccccc1=O. The third kappa shape index (κ3) is 3.46. The molecule has 0 bridgehead atoms. The molecule has 0 unspecified atom stereocenters. The summed E-state index contributed by atoms with van der Waals surface area (Å²) >= 11 is 3.30. The van der Waals surface area contributed by atoms with Gasteiger partial charge in [0.15, 0.2) is 0 Å². The number of benzene rings is 1. The number of halogens is 1. The molecule has 96 valence electrons. The van der Waals surface area contributed by atoms with Crippen molar-refractivity contribution in [3.63, 3.8) is 0 Å². The molecule has 1 aromatic heterocycles. The van der Waals surface area contributed by atoms with Crippen LogP contribution in [0.5, 0.6) is 5.75 Å². The Hall–Kier alpha value is -2.06. The molecule has 5 heteroatoms. The maximum absolute atomic E-state index is 11.5. The van der Waals surface area contributed by atoms with E-state index in [1.54, 1.807) is 35.0 Å². The fourth-order valence-corrected chi connectivity index (χ4v) is 1.98. The van der Waals surface area contributed by atoms with Gasteiger partial charge in [-0.2, -0.15) is 5.26 Å². The van der Waals surface area contributed by atoms with Gasteiger partial charge in [-0.15, -0.1) is 0 Å². The fraction of sp³-hybridized carbons (Fsp3) is 0.143. The minimum Gasteiger partial charge on any atom is -0.490 e. The summed E-state index contributed by atoms with van der Waals surface area (Å²) in [6, 6.07) is 12.3. The summed E-state index contributed by atoms with van der Waals surface area (Å²) in [5, 5.41) is 9.00. The molecule has 0 N–H and O–H groups in total. The van der Waals surface area contributed by atoms with Crippen LogP contribution in [0.3, 0.4) is 0 Å². The highest BCUT2D eigenvalue weighted by atomic mass is 79.9. The van der Waals surface area contributed by atoms with Gasteiger partial charge in [0.1, 0.15) is 18.4 Å². The second-order valence-corrected chi connectivity index (χ2v) is 4.75. The molecule has 4 nitrogen and oxygen atoms in total. The van der Waals surface area contributed by atoms with Crippen molar-refractivity contribution >= 4 is 15.9 Å². The zero-order valence-electron chi connectivity index (χ0n) is 10.0. The monoisotopic (exact) mass is 318 g/mol. The number of pyridine rings is 1. The topological polar surface area (TPSA) is 55.0 Å². The van der Waals surface area contributed by atoms with Crippen molar-refractivity contribution in [2.24, 2.45) is 0 Å². The van der Waals surface area contributed by atoms with Crippen molar-refractivity contribution in [1.29, 1.82) is 5.26 Å². The smallest absolute Gasteiger partial charge is 0.250 e. The predicted molar refractivity (Wildman–Crippen MR) is 75.1 cm³/mol. The first-order chi connectivity index (χ1) is 9.20. The molecule has 1 aromatic carbocycles. The Morgan fingerprint density at radius 2 is 2.16 bits per heavy atom. The number of nitrogens with zero attached hydrogens (tertiary/aromatic N) is 2. The van der Waals surface area contributed by atoms with Crippen molar-refractivity contribution in [3.8, 4) is 11.8 Å². The van der Waals surface area contributed by atoms with Gasteiger partial charge in [-0.05, 0) is 24.3 Å². The summed E-state index contributed by atoms with van der Waals surface area (Å²) < 4.78 is 7.93. The van der Waals surface area contributed by atoms with Crippen molar-refractivity contribution in [3.05, 3.63) is 63.0 Å². The molecule has 0 radical (unpaired) electrons. The highest BCUT2D eigenvalue weighted by molar-refractivity contribution is 9.10. The first-order valence-corrected chi connectivity index (χ1v) is 6.48. The number of rotatable bonds is 4. The third-order valence-electron chi connectivity index (χ3n) is 2.55. The average Bonchev–Trinajstić information content (AvgIpc) is 2.42. The van der Waals surface area contributed by atoms with Gasteiger partial charge >= 0.3 is 0 Å². The molecule has 0 saturated heterocycles. The lowest BCUT2D eigenvalue weighted by Gasteiger charge is -2.09. The molecular weight excluding hydrogens is 308 g/mol. The number of aromatic nitrogens is 1. The highest BCUT2D eigenvalue weighted by Crippen LogP contribution is 2.22. The van der Waals surface area contributed by atoms with E-state index in [1.165, 1.54) is 6.07 Å². The Balaban J connectivity index is 2.03. The maximum atomic E-state index is 11.5. The molecule has 0 aliphatic rings. The molecule has 0 aliphatic carbocycles. The van der Waals surface area contributed by atoms with Crippen LogP contribution < -0.4 is 10.3 Å². The van der Waals surface area contributed by atoms with Crippen LogP contribution in [0.2, 0.25) is 0 Å². The molecule has 0 aliphatic heterocycles. The molecule has 0 spiro atoms. The van der Waals surface area contributed by atoms with E-state index in [2.05, 4.69) is 22.0 Å². The van der Waals surface area contributed by atoms with Crippen molar-refractivity contribution in [1.82, 2.24) is 4.57 Å². The molecule has 0 atom stereocenters. The zero-order chi connectivity index (χ0) is 13.7. The van der Waals surface area contributed by atoms with Crippen LogP contribution in [0.25, 0.3) is 0 Å². The summed E-state index contributed by atoms with van der Waals surface area (Å²) in [5.41, 5.74) is 0.400. The van der Waals surface area contributed by atoms with Gasteiger partial charge < -0.3 is 9.30 Å². The van der Waals surface area contributed by atoms with Crippen molar-refractivity contribution < 1.29 is 4.74 Å². The Bertz CT molecular complexity index is 674. The van der Waals surface area contributed by atoms with E-state index in [9.17, 15) is 4.79 Å². The summed E-state index contributed by atoms with van der Waals surface area (Å²) in [5.74, 6) is 0.523. The number of ether oxygens (including phenoxy) is 1. The van der Waals surface area contributed by atoms with Gasteiger partial charge in [0.05, 0.1) is 12.1 Å². The van der Waals surface area contributed by atoms with Gasteiger partial charge in [0.25, 0.3) is 5.56 Å². The lowest BCUT2D eigenvalue weighted by molar-refractivity contribution is 0.295. The van der Waals surface area contributed by atoms with Gasteiger partial charge in [0.2, 0.25) is 0 Å². The summed E-state index contributed by atoms with van der Waals surface area (Å²) in [6.45, 7) is 0.779. The van der Waals surface area contributed by atoms with E-state index in [0.29, 0.717) is 24.5 Å². The Kier molecular flexibility index (Phi) is 4.37. The molecule has 0 amide bonds. The molecule has 0 fully saturated rings. The van der Waals surface area contributed by atoms with Crippen LogP contribution in [-0.4, -0.2) is 11.2 Å². The van der Waals surface area contributed by atoms with E-state index in [-0.39, 0.29) is 5.56 Å². The van der Waals surface area contributed by atoms with Crippen LogP contribution in [-0.2, 0) is 6.54 Å². The third-order valence-corrected chi connectivity index (χ3v) is 3.04. The van der Waals surface area contributed by atoms with E-state index in [4.69, 9.17) is 10.00 Å². The van der Waals surface area contributed by atoms with E-state index in [0.717, 1.165) is 4.47 Å². The number of nitriles is 1. The molecular formula is C14H11BrN2O2. The Morgan fingerprint density at radius 3 is 2.89 bits per heavy atom. The predicted octanol–water partition coefficient (Wildman–Crippen LogP) is 2.56. The van der Waals surface area contributed by atoms with Gasteiger partial charge in [-0.25, -0.2) is 0 Å². The average molecular weight is 319 g/mol. The fourth-order valence-electron chi connectivity index (χ4n) is 1.61. The van der Waals surface area contributed by atoms with E-state index >= 15 is 0 Å². The number of hydrogen-bond donors (Lipinski definition) is 0. The Morgan fingerprint density at radius 1 is 1.32 bits per heavy atom. The summed E-state index contributed by atoms with van der Waals surface area (Å²) in [7, 11) is 0. The Labute approximate surface area is 119 Å². The van der Waals surface area contributed by atoms with Crippen LogP contribution in [0.15, 0.2) is 51.9 Å². The van der Waals surface area contributed by atoms with Crippen LogP contribution in [0.1, 0.15) is 5.56 Å². The molecule has 1 heterocycles. The minimum atomic E-state index is -0.0672. The van der Waals surface area contributed by atoms with Crippen molar-refractivity contribution in [2.45, 2.75) is 6.54 Å². The van der Waals surface area contributed by atoms with E-state index < -0.39 is 0 Å². The first-order valence-electron chi connectivity index (χ1n) is 5.68. The summed E-state index contributed by atoms with van der Waals surface area (Å²) in [6.07, 6.45) is 1.71. The lowest BCUT2D eigenvalue weighted by atomic mass is 10.2. The zero-order valence-corrected chi connectivity index (χ0v) is 11.6. The largest absolute Gasteiger partial charge is 0.490 e. The first kappa shape index (κ1) is 13.4. The quantitative estimate of drug-likeness (QED) is 0.870. The van der Waals surface area contributed by atoms with Gasteiger partial charge in [-0.3, -0.25) is 4.79 Å². The summed E-state index contributed by atoms with van der Waals surface area (Å²) in [4.78, 5) is 11.5. The van der Waals surface area contributed by atoms with Crippen LogP contribution in [0.4, 0.5) is 0 Å². The minimum absolute atomic E-state index is 0.0672. The molecule has 2 aromatic rings. The highest BCUT2D eigenvalue weighted by Gasteiger charge is 2.04. The second-order valence-electron chi connectivity index (χ2n) is 3.83. The van der Waals surface area contributed by atoms with Gasteiger partial charge in [0, 0.05) is 16.7 Å². The van der Waals surface area contributed by atoms with Crippen LogP contribution in [0, 0.1) is 11.3 Å². The molecule has 19 heavy (non-hydrogen) atoms. The standard InChI is InChI=1S/C14H11BrN2O2/c15-12-4-5-13(11(9-12)10-16)19-8-7-17-6-2-1-3-14(17)18/h1-6,9H,7-8H2. The van der Waals surface area contributed by atoms with E-state index in [1.807, 2.05) is 6.07 Å². The van der Waals surface area contributed by atoms with Crippen LogP contribution >= 0.6 is 15.9 Å².